The van der Waals surface area contributed by atoms with Gasteiger partial charge in [-0.25, -0.2) is 0 Å². The second-order valence-electron chi connectivity index (χ2n) is 7.11. The third-order valence-electron chi connectivity index (χ3n) is 4.86. The van der Waals surface area contributed by atoms with Crippen LogP contribution in [-0.4, -0.2) is 47.4 Å². The van der Waals surface area contributed by atoms with Crippen molar-refractivity contribution >= 4 is 5.91 Å². The van der Waals surface area contributed by atoms with Gasteiger partial charge in [0.25, 0.3) is 0 Å². The van der Waals surface area contributed by atoms with Crippen LogP contribution in [0, 0.1) is 6.92 Å². The first-order valence-electron chi connectivity index (χ1n) is 9.33. The van der Waals surface area contributed by atoms with E-state index >= 15 is 0 Å². The van der Waals surface area contributed by atoms with Crippen LogP contribution >= 0.6 is 0 Å². The predicted octanol–water partition coefficient (Wildman–Crippen LogP) is 3.26. The van der Waals surface area contributed by atoms with Crippen LogP contribution in [0.4, 0.5) is 0 Å². The first-order valence-corrected chi connectivity index (χ1v) is 9.33. The lowest BCUT2D eigenvalue weighted by Gasteiger charge is -2.22. The molecule has 1 aliphatic rings. The Hall–Kier alpha value is -2.41. The molecule has 2 aromatic rings. The summed E-state index contributed by atoms with van der Waals surface area (Å²) in [6.07, 6.45) is 0.904. The van der Waals surface area contributed by atoms with Gasteiger partial charge in [0.1, 0.15) is 11.8 Å². The van der Waals surface area contributed by atoms with Crippen LogP contribution in [0.2, 0.25) is 0 Å². The maximum Gasteiger partial charge on any atom is 0.239 e. The van der Waals surface area contributed by atoms with Crippen molar-refractivity contribution in [3.8, 4) is 5.75 Å². The van der Waals surface area contributed by atoms with Gasteiger partial charge in [0, 0.05) is 27.0 Å². The standard InChI is InChI=1S/C20H27N3O4/c1-13(2)16-7-5-6-8-18(16)26-10-9-19(24)23-12-15(25-4)11-17(23)20-22-21-14(3)27-20/h5-8,13,15,17H,9-12H2,1-4H3/t15-,17+/m0/s1. The SMILES string of the molecule is CO[C@H]1C[C@H](c2nnc(C)o2)N(C(=O)CCOc2ccccc2C(C)C)C1. The van der Waals surface area contributed by atoms with Gasteiger partial charge >= 0.3 is 0 Å². The Morgan fingerprint density at radius 3 is 2.78 bits per heavy atom. The minimum atomic E-state index is -0.244. The number of nitrogens with zero attached hydrogens (tertiary/aromatic N) is 3. The summed E-state index contributed by atoms with van der Waals surface area (Å²) >= 11 is 0. The third-order valence-corrected chi connectivity index (χ3v) is 4.86. The number of rotatable bonds is 7. The van der Waals surface area contributed by atoms with E-state index in [4.69, 9.17) is 13.9 Å². The molecule has 0 N–H and O–H groups in total. The van der Waals surface area contributed by atoms with Gasteiger partial charge in [0.2, 0.25) is 17.7 Å². The van der Waals surface area contributed by atoms with E-state index in [0.29, 0.717) is 37.3 Å². The van der Waals surface area contributed by atoms with Crippen LogP contribution in [-0.2, 0) is 9.53 Å². The average Bonchev–Trinajstić information content (AvgIpc) is 3.27. The summed E-state index contributed by atoms with van der Waals surface area (Å²) in [4.78, 5) is 14.6. The number of aryl methyl sites for hydroxylation is 1. The molecule has 0 radical (unpaired) electrons. The van der Waals surface area contributed by atoms with Crippen LogP contribution in [0.15, 0.2) is 28.7 Å². The number of benzene rings is 1. The quantitative estimate of drug-likeness (QED) is 0.741. The van der Waals surface area contributed by atoms with Crippen molar-refractivity contribution in [1.29, 1.82) is 0 Å². The molecule has 1 amide bonds. The van der Waals surface area contributed by atoms with Crippen LogP contribution in [0.3, 0.4) is 0 Å². The summed E-state index contributed by atoms with van der Waals surface area (Å²) < 4.78 is 16.9. The lowest BCUT2D eigenvalue weighted by Crippen LogP contribution is -2.33. The summed E-state index contributed by atoms with van der Waals surface area (Å²) in [7, 11) is 1.65. The number of aromatic nitrogens is 2. The molecule has 1 aliphatic heterocycles. The summed E-state index contributed by atoms with van der Waals surface area (Å²) in [6, 6.07) is 7.70. The maximum atomic E-state index is 12.8. The van der Waals surface area contributed by atoms with Crippen molar-refractivity contribution in [3.63, 3.8) is 0 Å². The highest BCUT2D eigenvalue weighted by molar-refractivity contribution is 5.77. The Kier molecular flexibility index (Phi) is 6.11. The number of amides is 1. The fourth-order valence-electron chi connectivity index (χ4n) is 3.41. The van der Waals surface area contributed by atoms with E-state index < -0.39 is 0 Å². The van der Waals surface area contributed by atoms with Gasteiger partial charge in [-0.05, 0) is 17.5 Å². The fraction of sp³-hybridized carbons (Fsp3) is 0.550. The number of hydrogen-bond acceptors (Lipinski definition) is 6. The van der Waals surface area contributed by atoms with Crippen molar-refractivity contribution in [3.05, 3.63) is 41.6 Å². The first kappa shape index (κ1) is 19.4. The van der Waals surface area contributed by atoms with E-state index in [2.05, 4.69) is 30.1 Å². The van der Waals surface area contributed by atoms with Gasteiger partial charge < -0.3 is 18.8 Å². The molecule has 0 saturated carbocycles. The molecule has 2 atom stereocenters. The molecule has 7 heteroatoms. The number of likely N-dealkylation sites (tertiary alicyclic amines) is 1. The van der Waals surface area contributed by atoms with Crippen molar-refractivity contribution in [1.82, 2.24) is 15.1 Å². The highest BCUT2D eigenvalue weighted by Gasteiger charge is 2.39. The molecule has 3 rings (SSSR count). The fourth-order valence-corrected chi connectivity index (χ4v) is 3.41. The molecule has 1 fully saturated rings. The Bertz CT molecular complexity index is 774. The largest absolute Gasteiger partial charge is 0.493 e. The zero-order chi connectivity index (χ0) is 19.4. The Balaban J connectivity index is 1.62. The third kappa shape index (κ3) is 4.47. The molecule has 2 heterocycles. The number of methoxy groups -OCH3 is 1. The topological polar surface area (TPSA) is 77.7 Å². The van der Waals surface area contributed by atoms with Crippen LogP contribution in [0.25, 0.3) is 0 Å². The zero-order valence-corrected chi connectivity index (χ0v) is 16.3. The molecule has 7 nitrogen and oxygen atoms in total. The Morgan fingerprint density at radius 1 is 1.33 bits per heavy atom. The van der Waals surface area contributed by atoms with Crippen molar-refractivity contribution in [2.24, 2.45) is 0 Å². The zero-order valence-electron chi connectivity index (χ0n) is 16.3. The van der Waals surface area contributed by atoms with Crippen LogP contribution in [0.5, 0.6) is 5.75 Å². The second-order valence-corrected chi connectivity index (χ2v) is 7.11. The first-order chi connectivity index (χ1) is 13.0. The molecule has 0 aliphatic carbocycles. The van der Waals surface area contributed by atoms with E-state index in [1.807, 2.05) is 18.2 Å². The number of ether oxygens (including phenoxy) is 2. The molecule has 1 aromatic heterocycles. The van der Waals surface area contributed by atoms with Gasteiger partial charge in [-0.15, -0.1) is 10.2 Å². The number of carbonyl (C=O) groups is 1. The molecule has 0 bridgehead atoms. The Labute approximate surface area is 159 Å². The highest BCUT2D eigenvalue weighted by Crippen LogP contribution is 2.33. The molecule has 146 valence electrons. The van der Waals surface area contributed by atoms with E-state index in [9.17, 15) is 4.79 Å². The number of carbonyl (C=O) groups excluding carboxylic acids is 1. The van der Waals surface area contributed by atoms with Gasteiger partial charge in [0.05, 0.1) is 19.1 Å². The van der Waals surface area contributed by atoms with Crippen molar-refractivity contribution < 1.29 is 18.7 Å². The van der Waals surface area contributed by atoms with Crippen molar-refractivity contribution in [2.45, 2.75) is 51.7 Å². The molecular formula is C20H27N3O4. The molecule has 1 aromatic carbocycles. The average molecular weight is 373 g/mol. The highest BCUT2D eigenvalue weighted by atomic mass is 16.5. The normalized spacial score (nSPS) is 19.7. The minimum absolute atomic E-state index is 0.00238. The second kappa shape index (κ2) is 8.52. The van der Waals surface area contributed by atoms with E-state index in [1.165, 1.54) is 0 Å². The van der Waals surface area contributed by atoms with Crippen LogP contribution in [0.1, 0.15) is 56.0 Å². The smallest absolute Gasteiger partial charge is 0.239 e. The van der Waals surface area contributed by atoms with E-state index in [1.54, 1.807) is 18.9 Å². The van der Waals surface area contributed by atoms with E-state index in [-0.39, 0.29) is 24.5 Å². The summed E-state index contributed by atoms with van der Waals surface area (Å²) in [5.74, 6) is 2.15. The molecule has 1 saturated heterocycles. The van der Waals surface area contributed by atoms with Gasteiger partial charge in [0.15, 0.2) is 0 Å². The predicted molar refractivity (Wildman–Crippen MR) is 99.5 cm³/mol. The summed E-state index contributed by atoms with van der Waals surface area (Å²) in [5.41, 5.74) is 1.14. The van der Waals surface area contributed by atoms with Gasteiger partial charge in [-0.2, -0.15) is 0 Å². The number of hydrogen-bond donors (Lipinski definition) is 0. The molecule has 0 spiro atoms. The lowest BCUT2D eigenvalue weighted by molar-refractivity contribution is -0.133. The van der Waals surface area contributed by atoms with Gasteiger partial charge in [-0.3, -0.25) is 4.79 Å². The van der Waals surface area contributed by atoms with E-state index in [0.717, 1.165) is 11.3 Å². The van der Waals surface area contributed by atoms with Crippen molar-refractivity contribution in [2.75, 3.05) is 20.3 Å². The molecular weight excluding hydrogens is 346 g/mol. The number of para-hydroxylation sites is 1. The lowest BCUT2D eigenvalue weighted by atomic mass is 10.0. The minimum Gasteiger partial charge on any atom is -0.493 e. The van der Waals surface area contributed by atoms with Gasteiger partial charge in [-0.1, -0.05) is 32.0 Å². The van der Waals surface area contributed by atoms with Crippen LogP contribution < -0.4 is 4.74 Å². The monoisotopic (exact) mass is 373 g/mol. The summed E-state index contributed by atoms with van der Waals surface area (Å²) in [5, 5.41) is 7.97. The summed E-state index contributed by atoms with van der Waals surface area (Å²) in [6.45, 7) is 6.83. The maximum absolute atomic E-state index is 12.8. The molecule has 27 heavy (non-hydrogen) atoms. The molecule has 0 unspecified atom stereocenters. The Morgan fingerprint density at radius 2 is 2.11 bits per heavy atom.